The number of carbonyl (C=O) groups is 1. The molecule has 0 spiro atoms. The Hall–Kier alpha value is -3.67. The van der Waals surface area contributed by atoms with Crippen molar-refractivity contribution >= 4 is 16.7 Å². The van der Waals surface area contributed by atoms with E-state index in [-0.39, 0.29) is 11.9 Å². The molecule has 0 saturated carbocycles. The number of benzene rings is 3. The van der Waals surface area contributed by atoms with Crippen LogP contribution >= 0.6 is 0 Å². The second-order valence-corrected chi connectivity index (χ2v) is 7.41. The van der Waals surface area contributed by atoms with Crippen molar-refractivity contribution in [3.8, 4) is 17.1 Å². The minimum absolute atomic E-state index is 0.00983. The van der Waals surface area contributed by atoms with Gasteiger partial charge in [0.15, 0.2) is 0 Å². The fourth-order valence-corrected chi connectivity index (χ4v) is 4.00. The Kier molecular flexibility index (Phi) is 4.67. The lowest BCUT2D eigenvalue weighted by atomic mass is 10.1. The summed E-state index contributed by atoms with van der Waals surface area (Å²) in [6.45, 7) is 0.674. The van der Waals surface area contributed by atoms with Crippen LogP contribution in [0.15, 0.2) is 71.3 Å². The number of hydrogen-bond acceptors (Lipinski definition) is 5. The molecule has 6 nitrogen and oxygen atoms in total. The molecule has 0 aliphatic carbocycles. The van der Waals surface area contributed by atoms with Gasteiger partial charge in [0.25, 0.3) is 5.91 Å². The molecule has 0 radical (unpaired) electrons. The lowest BCUT2D eigenvalue weighted by molar-refractivity contribution is 0.0710. The smallest absolute Gasteiger partial charge is 0.254 e. The van der Waals surface area contributed by atoms with Gasteiger partial charge in [-0.15, -0.1) is 0 Å². The predicted molar refractivity (Wildman–Crippen MR) is 113 cm³/mol. The van der Waals surface area contributed by atoms with Crippen LogP contribution in [0, 0.1) is 0 Å². The zero-order valence-corrected chi connectivity index (χ0v) is 16.6. The van der Waals surface area contributed by atoms with E-state index in [1.165, 1.54) is 0 Å². The summed E-state index contributed by atoms with van der Waals surface area (Å²) in [6, 6.07) is 21.2. The highest BCUT2D eigenvalue weighted by atomic mass is 16.5. The summed E-state index contributed by atoms with van der Waals surface area (Å²) < 4.78 is 10.8. The lowest BCUT2D eigenvalue weighted by Gasteiger charge is -2.22. The molecule has 3 aromatic carbocycles. The quantitative estimate of drug-likeness (QED) is 0.489. The van der Waals surface area contributed by atoms with Crippen molar-refractivity contribution in [2.45, 2.75) is 18.9 Å². The number of methoxy groups -OCH3 is 1. The standard InChI is InChI=1S/C24H21N3O3/c1-29-20-9-4-8-18(15-20)22-25-23(30-26-22)21-10-5-13-27(21)24(28)19-12-11-16-6-2-3-7-17(16)14-19/h2-4,6-9,11-12,14-15,21H,5,10,13H2,1H3/t21-/m0/s1. The number of rotatable bonds is 4. The van der Waals surface area contributed by atoms with Gasteiger partial charge in [-0.1, -0.05) is 47.6 Å². The first kappa shape index (κ1) is 18.4. The first-order chi connectivity index (χ1) is 14.7. The average molecular weight is 399 g/mol. The van der Waals surface area contributed by atoms with E-state index in [9.17, 15) is 4.79 Å². The Morgan fingerprint density at radius 3 is 2.80 bits per heavy atom. The highest BCUT2D eigenvalue weighted by molar-refractivity contribution is 5.98. The maximum absolute atomic E-state index is 13.3. The summed E-state index contributed by atoms with van der Waals surface area (Å²) in [6.07, 6.45) is 1.71. The van der Waals surface area contributed by atoms with E-state index in [2.05, 4.69) is 10.1 Å². The molecule has 1 aliphatic heterocycles. The predicted octanol–water partition coefficient (Wildman–Crippen LogP) is 4.88. The van der Waals surface area contributed by atoms with Crippen molar-refractivity contribution in [3.05, 3.63) is 78.2 Å². The van der Waals surface area contributed by atoms with Crippen LogP contribution in [-0.2, 0) is 0 Å². The fourth-order valence-electron chi connectivity index (χ4n) is 4.00. The van der Waals surface area contributed by atoms with Gasteiger partial charge < -0.3 is 14.2 Å². The highest BCUT2D eigenvalue weighted by Gasteiger charge is 2.34. The molecule has 6 heteroatoms. The van der Waals surface area contributed by atoms with Crippen molar-refractivity contribution in [1.29, 1.82) is 0 Å². The molecule has 5 rings (SSSR count). The van der Waals surface area contributed by atoms with E-state index in [1.807, 2.05) is 71.6 Å². The van der Waals surface area contributed by atoms with Crippen molar-refractivity contribution in [1.82, 2.24) is 15.0 Å². The molecule has 1 saturated heterocycles. The van der Waals surface area contributed by atoms with Gasteiger partial charge in [0.1, 0.15) is 11.8 Å². The molecule has 1 fully saturated rings. The molecule has 0 bridgehead atoms. The Bertz CT molecular complexity index is 1220. The van der Waals surface area contributed by atoms with Crippen LogP contribution in [0.1, 0.15) is 35.1 Å². The maximum atomic E-state index is 13.3. The van der Waals surface area contributed by atoms with Crippen LogP contribution in [0.2, 0.25) is 0 Å². The molecule has 0 N–H and O–H groups in total. The Labute approximate surface area is 174 Å². The molecule has 1 aliphatic rings. The van der Waals surface area contributed by atoms with Crippen LogP contribution in [0.25, 0.3) is 22.2 Å². The number of hydrogen-bond donors (Lipinski definition) is 0. The van der Waals surface area contributed by atoms with E-state index < -0.39 is 0 Å². The third-order valence-corrected chi connectivity index (χ3v) is 5.56. The lowest BCUT2D eigenvalue weighted by Crippen LogP contribution is -2.30. The van der Waals surface area contributed by atoms with E-state index in [1.54, 1.807) is 7.11 Å². The maximum Gasteiger partial charge on any atom is 0.254 e. The normalized spacial score (nSPS) is 16.2. The number of likely N-dealkylation sites (tertiary alicyclic amines) is 1. The van der Waals surface area contributed by atoms with Crippen LogP contribution in [-0.4, -0.2) is 34.6 Å². The molecule has 4 aromatic rings. The number of aromatic nitrogens is 2. The zero-order chi connectivity index (χ0) is 20.5. The SMILES string of the molecule is COc1cccc(-c2noc([C@@H]3CCCN3C(=O)c3ccc4ccccc4c3)n2)c1. The topological polar surface area (TPSA) is 68.5 Å². The van der Waals surface area contributed by atoms with Crippen LogP contribution in [0.3, 0.4) is 0 Å². The summed E-state index contributed by atoms with van der Waals surface area (Å²) >= 11 is 0. The van der Waals surface area contributed by atoms with Gasteiger partial charge >= 0.3 is 0 Å². The van der Waals surface area contributed by atoms with Crippen molar-refractivity contribution in [2.75, 3.05) is 13.7 Å². The number of fused-ring (bicyclic) bond motifs is 1. The van der Waals surface area contributed by atoms with E-state index >= 15 is 0 Å². The largest absolute Gasteiger partial charge is 0.497 e. The zero-order valence-electron chi connectivity index (χ0n) is 16.6. The van der Waals surface area contributed by atoms with Gasteiger partial charge in [0.2, 0.25) is 11.7 Å². The van der Waals surface area contributed by atoms with Crippen LogP contribution in [0.4, 0.5) is 0 Å². The van der Waals surface area contributed by atoms with Crippen molar-refractivity contribution in [3.63, 3.8) is 0 Å². The van der Waals surface area contributed by atoms with Crippen molar-refractivity contribution in [2.24, 2.45) is 0 Å². The highest BCUT2D eigenvalue weighted by Crippen LogP contribution is 2.34. The van der Waals surface area contributed by atoms with Gasteiger partial charge in [0.05, 0.1) is 7.11 Å². The van der Waals surface area contributed by atoms with E-state index in [0.29, 0.717) is 23.8 Å². The molecular formula is C24H21N3O3. The summed E-state index contributed by atoms with van der Waals surface area (Å²) in [5, 5.41) is 6.30. The monoisotopic (exact) mass is 399 g/mol. The molecule has 0 unspecified atom stereocenters. The van der Waals surface area contributed by atoms with Gasteiger partial charge in [-0.25, -0.2) is 0 Å². The first-order valence-corrected chi connectivity index (χ1v) is 10.0. The number of carbonyl (C=O) groups excluding carboxylic acids is 1. The van der Waals surface area contributed by atoms with E-state index in [4.69, 9.17) is 9.26 Å². The van der Waals surface area contributed by atoms with Crippen molar-refractivity contribution < 1.29 is 14.1 Å². The molecular weight excluding hydrogens is 378 g/mol. The molecule has 1 amide bonds. The third kappa shape index (κ3) is 3.30. The summed E-state index contributed by atoms with van der Waals surface area (Å²) in [7, 11) is 1.62. The minimum atomic E-state index is -0.212. The molecule has 30 heavy (non-hydrogen) atoms. The molecule has 1 aromatic heterocycles. The van der Waals surface area contributed by atoms with Gasteiger partial charge in [0, 0.05) is 17.7 Å². The van der Waals surface area contributed by atoms with E-state index in [0.717, 1.165) is 34.9 Å². The number of ether oxygens (including phenoxy) is 1. The summed E-state index contributed by atoms with van der Waals surface area (Å²) in [5.41, 5.74) is 1.49. The van der Waals surface area contributed by atoms with Gasteiger partial charge in [-0.05, 0) is 47.9 Å². The molecule has 1 atom stereocenters. The summed E-state index contributed by atoms with van der Waals surface area (Å²) in [5.74, 6) is 1.69. The first-order valence-electron chi connectivity index (χ1n) is 10.0. The second-order valence-electron chi connectivity index (χ2n) is 7.41. The molecule has 2 heterocycles. The number of nitrogens with zero attached hydrogens (tertiary/aromatic N) is 3. The van der Waals surface area contributed by atoms with Gasteiger partial charge in [-0.3, -0.25) is 4.79 Å². The summed E-state index contributed by atoms with van der Waals surface area (Å²) in [4.78, 5) is 19.7. The Morgan fingerprint density at radius 2 is 1.93 bits per heavy atom. The third-order valence-electron chi connectivity index (χ3n) is 5.56. The molecule has 150 valence electrons. The average Bonchev–Trinajstić information content (AvgIpc) is 3.48. The Morgan fingerprint density at radius 1 is 1.07 bits per heavy atom. The second kappa shape index (κ2) is 7.63. The number of amides is 1. The van der Waals surface area contributed by atoms with Crippen LogP contribution < -0.4 is 4.74 Å². The van der Waals surface area contributed by atoms with Crippen LogP contribution in [0.5, 0.6) is 5.75 Å². The van der Waals surface area contributed by atoms with Gasteiger partial charge in [-0.2, -0.15) is 4.98 Å². The Balaban J connectivity index is 1.42. The minimum Gasteiger partial charge on any atom is -0.497 e. The fraction of sp³-hybridized carbons (Fsp3) is 0.208.